The molecule has 4 bridgehead atoms. The minimum absolute atomic E-state index is 0. The molecule has 0 saturated heterocycles. The fourth-order valence-electron chi connectivity index (χ4n) is 4.61. The van der Waals surface area contributed by atoms with Gasteiger partial charge < -0.3 is 4.90 Å². The average Bonchev–Trinajstić information content (AvgIpc) is 2.00. The van der Waals surface area contributed by atoms with E-state index in [9.17, 15) is 0 Å². The Bertz CT molecular complexity index is 189. The highest BCUT2D eigenvalue weighted by atomic mass is 35.5. The molecule has 1 nitrogen and oxygen atoms in total. The fraction of sp³-hybridized carbons (Fsp3) is 1.00. The second kappa shape index (κ2) is 3.38. The Morgan fingerprint density at radius 3 is 1.50 bits per heavy atom. The molecule has 0 N–H and O–H groups in total. The van der Waals surface area contributed by atoms with Crippen LogP contribution >= 0.6 is 12.4 Å². The van der Waals surface area contributed by atoms with Crippen LogP contribution in [0.4, 0.5) is 0 Å². The molecule has 0 spiro atoms. The average molecular weight is 216 g/mol. The highest BCUT2D eigenvalue weighted by Gasteiger charge is 2.51. The van der Waals surface area contributed by atoms with Gasteiger partial charge in [0.05, 0.1) is 0 Å². The van der Waals surface area contributed by atoms with Crippen LogP contribution in [0.5, 0.6) is 0 Å². The van der Waals surface area contributed by atoms with Gasteiger partial charge in [-0.2, -0.15) is 0 Å². The topological polar surface area (TPSA) is 3.24 Å². The van der Waals surface area contributed by atoms with Gasteiger partial charge in [-0.3, -0.25) is 0 Å². The van der Waals surface area contributed by atoms with Gasteiger partial charge in [0.25, 0.3) is 0 Å². The van der Waals surface area contributed by atoms with Crippen molar-refractivity contribution < 1.29 is 0 Å². The Kier molecular flexibility index (Phi) is 2.60. The maximum atomic E-state index is 2.54. The number of nitrogens with zero attached hydrogens (tertiary/aromatic N) is 1. The zero-order valence-corrected chi connectivity index (χ0v) is 10.1. The van der Waals surface area contributed by atoms with E-state index in [1.807, 2.05) is 0 Å². The van der Waals surface area contributed by atoms with Gasteiger partial charge in [0.1, 0.15) is 0 Å². The van der Waals surface area contributed by atoms with E-state index in [0.29, 0.717) is 5.54 Å². The summed E-state index contributed by atoms with van der Waals surface area (Å²) < 4.78 is 0. The second-order valence-corrected chi connectivity index (χ2v) is 6.04. The molecule has 4 aliphatic rings. The number of hydrogen-bond acceptors (Lipinski definition) is 1. The van der Waals surface area contributed by atoms with Gasteiger partial charge in [-0.1, -0.05) is 0 Å². The molecule has 0 atom stereocenters. The van der Waals surface area contributed by atoms with Gasteiger partial charge in [0.15, 0.2) is 0 Å². The largest absolute Gasteiger partial charge is 0.304 e. The predicted octanol–water partition coefficient (Wildman–Crippen LogP) is 2.94. The fourth-order valence-corrected chi connectivity index (χ4v) is 4.61. The molecule has 0 aromatic carbocycles. The molecule has 82 valence electrons. The lowest BCUT2D eigenvalue weighted by molar-refractivity contribution is -0.0697. The standard InChI is InChI=1S/C12H21N.ClH/c1-13(2)12-6-9-3-10(7-12)5-11(4-9)8-12;/h9-11H,3-8H2,1-2H3;1H. The summed E-state index contributed by atoms with van der Waals surface area (Å²) in [7, 11) is 4.60. The van der Waals surface area contributed by atoms with Gasteiger partial charge in [-0.25, -0.2) is 0 Å². The predicted molar refractivity (Wildman–Crippen MR) is 61.8 cm³/mol. The van der Waals surface area contributed by atoms with E-state index in [2.05, 4.69) is 19.0 Å². The lowest BCUT2D eigenvalue weighted by Gasteiger charge is -2.59. The Balaban J connectivity index is 0.000000750. The van der Waals surface area contributed by atoms with Crippen molar-refractivity contribution in [3.63, 3.8) is 0 Å². The minimum Gasteiger partial charge on any atom is -0.304 e. The van der Waals surface area contributed by atoms with Crippen molar-refractivity contribution in [1.29, 1.82) is 0 Å². The van der Waals surface area contributed by atoms with Gasteiger partial charge >= 0.3 is 0 Å². The Morgan fingerprint density at radius 1 is 0.857 bits per heavy atom. The van der Waals surface area contributed by atoms with Crippen molar-refractivity contribution >= 4 is 12.4 Å². The molecule has 4 rings (SSSR count). The van der Waals surface area contributed by atoms with Gasteiger partial charge in [-0.15, -0.1) is 12.4 Å². The smallest absolute Gasteiger partial charge is 0.0211 e. The first-order valence-electron chi connectivity index (χ1n) is 5.85. The summed E-state index contributed by atoms with van der Waals surface area (Å²) in [5.74, 6) is 3.27. The van der Waals surface area contributed by atoms with Crippen molar-refractivity contribution in [3.8, 4) is 0 Å². The molecule has 4 saturated carbocycles. The van der Waals surface area contributed by atoms with Gasteiger partial charge in [-0.05, 0) is 70.4 Å². The first-order valence-corrected chi connectivity index (χ1v) is 5.85. The molecule has 2 heteroatoms. The molecular weight excluding hydrogens is 194 g/mol. The molecule has 0 aromatic heterocycles. The van der Waals surface area contributed by atoms with E-state index < -0.39 is 0 Å². The molecule has 0 amide bonds. The highest BCUT2D eigenvalue weighted by molar-refractivity contribution is 5.85. The summed E-state index contributed by atoms with van der Waals surface area (Å²) in [4.78, 5) is 2.54. The van der Waals surface area contributed by atoms with E-state index in [1.54, 1.807) is 19.3 Å². The molecule has 4 fully saturated rings. The maximum Gasteiger partial charge on any atom is 0.0211 e. The van der Waals surface area contributed by atoms with E-state index in [1.165, 1.54) is 19.3 Å². The van der Waals surface area contributed by atoms with E-state index in [-0.39, 0.29) is 12.4 Å². The van der Waals surface area contributed by atoms with Crippen LogP contribution in [0, 0.1) is 17.8 Å². The van der Waals surface area contributed by atoms with Crippen molar-refractivity contribution in [2.45, 2.75) is 44.1 Å². The van der Waals surface area contributed by atoms with Crippen molar-refractivity contribution in [3.05, 3.63) is 0 Å². The van der Waals surface area contributed by atoms with Gasteiger partial charge in [0.2, 0.25) is 0 Å². The van der Waals surface area contributed by atoms with Crippen molar-refractivity contribution in [2.75, 3.05) is 14.1 Å². The SMILES string of the molecule is CN(C)C12CC3CC(CC(C3)C1)C2.Cl. The maximum absolute atomic E-state index is 2.54. The molecule has 0 heterocycles. The van der Waals surface area contributed by atoms with Crippen LogP contribution in [0.2, 0.25) is 0 Å². The molecule has 0 aliphatic heterocycles. The third-order valence-electron chi connectivity index (χ3n) is 4.95. The minimum atomic E-state index is 0. The van der Waals surface area contributed by atoms with Crippen LogP contribution < -0.4 is 0 Å². The molecule has 0 radical (unpaired) electrons. The van der Waals surface area contributed by atoms with Crippen LogP contribution in [-0.2, 0) is 0 Å². The molecular formula is C12H22ClN. The summed E-state index contributed by atoms with van der Waals surface area (Å²) in [6.45, 7) is 0. The summed E-state index contributed by atoms with van der Waals surface area (Å²) >= 11 is 0. The van der Waals surface area contributed by atoms with Crippen LogP contribution in [0.25, 0.3) is 0 Å². The van der Waals surface area contributed by atoms with E-state index in [0.717, 1.165) is 17.8 Å². The van der Waals surface area contributed by atoms with Crippen LogP contribution in [0.15, 0.2) is 0 Å². The van der Waals surface area contributed by atoms with Gasteiger partial charge in [0, 0.05) is 5.54 Å². The van der Waals surface area contributed by atoms with E-state index in [4.69, 9.17) is 0 Å². The van der Waals surface area contributed by atoms with Crippen LogP contribution in [0.1, 0.15) is 38.5 Å². The summed E-state index contributed by atoms with van der Waals surface area (Å²) in [6.07, 6.45) is 9.21. The lowest BCUT2D eigenvalue weighted by Crippen LogP contribution is -2.57. The summed E-state index contributed by atoms with van der Waals surface area (Å²) in [5, 5.41) is 0. The highest BCUT2D eigenvalue weighted by Crippen LogP contribution is 2.57. The van der Waals surface area contributed by atoms with Crippen molar-refractivity contribution in [2.24, 2.45) is 17.8 Å². The molecule has 0 aromatic rings. The van der Waals surface area contributed by atoms with Crippen LogP contribution in [-0.4, -0.2) is 24.5 Å². The first-order chi connectivity index (χ1) is 6.18. The number of halogens is 1. The second-order valence-electron chi connectivity index (χ2n) is 6.04. The number of rotatable bonds is 1. The molecule has 14 heavy (non-hydrogen) atoms. The quantitative estimate of drug-likeness (QED) is 0.650. The Labute approximate surface area is 93.6 Å². The van der Waals surface area contributed by atoms with Crippen LogP contribution in [0.3, 0.4) is 0 Å². The third kappa shape index (κ3) is 1.40. The Morgan fingerprint density at radius 2 is 1.21 bits per heavy atom. The third-order valence-corrected chi connectivity index (χ3v) is 4.95. The first kappa shape index (κ1) is 10.8. The molecule has 4 aliphatic carbocycles. The summed E-state index contributed by atoms with van der Waals surface area (Å²) in [6, 6.07) is 0. The molecule has 0 unspecified atom stereocenters. The number of hydrogen-bond donors (Lipinski definition) is 0. The zero-order chi connectivity index (χ0) is 9.05. The normalized spacial score (nSPS) is 49.5. The van der Waals surface area contributed by atoms with E-state index >= 15 is 0 Å². The summed E-state index contributed by atoms with van der Waals surface area (Å²) in [5.41, 5.74) is 0.634. The zero-order valence-electron chi connectivity index (χ0n) is 9.33. The van der Waals surface area contributed by atoms with Crippen molar-refractivity contribution in [1.82, 2.24) is 4.90 Å². The monoisotopic (exact) mass is 215 g/mol. The lowest BCUT2D eigenvalue weighted by atomic mass is 9.52. The Hall–Kier alpha value is 0.250.